The summed E-state index contributed by atoms with van der Waals surface area (Å²) in [7, 11) is -3.50. The fourth-order valence-corrected chi connectivity index (χ4v) is 5.32. The molecule has 0 aromatic heterocycles. The van der Waals surface area contributed by atoms with E-state index in [1.807, 2.05) is 0 Å². The van der Waals surface area contributed by atoms with Crippen LogP contribution in [0.5, 0.6) is 0 Å². The van der Waals surface area contributed by atoms with E-state index in [2.05, 4.69) is 0 Å². The van der Waals surface area contributed by atoms with Crippen LogP contribution in [0.15, 0.2) is 18.2 Å². The molecule has 1 aromatic rings. The Morgan fingerprint density at radius 1 is 1.17 bits per heavy atom. The highest BCUT2D eigenvalue weighted by molar-refractivity contribution is 7.92. The van der Waals surface area contributed by atoms with Crippen LogP contribution in [-0.4, -0.2) is 47.8 Å². The van der Waals surface area contributed by atoms with E-state index in [0.717, 1.165) is 30.2 Å². The number of amides is 1. The van der Waals surface area contributed by atoms with Crippen molar-refractivity contribution in [1.82, 2.24) is 4.90 Å². The van der Waals surface area contributed by atoms with Crippen LogP contribution in [0, 0.1) is 0 Å². The van der Waals surface area contributed by atoms with Crippen LogP contribution < -0.4 is 0 Å². The molecule has 1 aromatic carbocycles. The number of carbonyl (C=O) groups excluding carboxylic acids is 1. The zero-order valence-electron chi connectivity index (χ0n) is 13.6. The van der Waals surface area contributed by atoms with Crippen LogP contribution in [0.3, 0.4) is 0 Å². The van der Waals surface area contributed by atoms with Gasteiger partial charge in [-0.25, -0.2) is 13.2 Å². The van der Waals surface area contributed by atoms with E-state index < -0.39 is 20.6 Å². The number of nitrogens with zero attached hydrogens (tertiary/aromatic N) is 1. The number of sulfone groups is 1. The molecule has 0 atom stereocenters. The van der Waals surface area contributed by atoms with Crippen LogP contribution in [0.25, 0.3) is 0 Å². The van der Waals surface area contributed by atoms with Gasteiger partial charge < -0.3 is 10.0 Å². The van der Waals surface area contributed by atoms with Gasteiger partial charge in [0.05, 0.1) is 5.56 Å². The van der Waals surface area contributed by atoms with Crippen molar-refractivity contribution in [3.05, 3.63) is 34.9 Å². The van der Waals surface area contributed by atoms with Crippen molar-refractivity contribution in [3.63, 3.8) is 0 Å². The van der Waals surface area contributed by atoms with Crippen LogP contribution in [-0.2, 0) is 27.6 Å². The number of carboxylic acids is 1. The lowest BCUT2D eigenvalue weighted by molar-refractivity contribution is -0.134. The van der Waals surface area contributed by atoms with E-state index in [4.69, 9.17) is 5.11 Å². The Balaban J connectivity index is 1.90. The first-order chi connectivity index (χ1) is 11.2. The fourth-order valence-electron chi connectivity index (χ4n) is 3.84. The Morgan fingerprint density at radius 3 is 2.42 bits per heavy atom. The van der Waals surface area contributed by atoms with Crippen molar-refractivity contribution >= 4 is 21.7 Å². The van der Waals surface area contributed by atoms with Gasteiger partial charge in [-0.3, -0.25) is 4.79 Å². The van der Waals surface area contributed by atoms with Crippen LogP contribution >= 0.6 is 0 Å². The maximum atomic E-state index is 13.0. The molecule has 0 saturated heterocycles. The molecule has 0 bridgehead atoms. The smallest absolute Gasteiger partial charge is 0.335 e. The summed E-state index contributed by atoms with van der Waals surface area (Å²) in [5, 5.41) is 9.12. The minimum atomic E-state index is -3.50. The number of hydrogen-bond acceptors (Lipinski definition) is 4. The van der Waals surface area contributed by atoms with Gasteiger partial charge in [0, 0.05) is 19.3 Å². The zero-order chi connectivity index (χ0) is 17.5. The quantitative estimate of drug-likeness (QED) is 0.893. The maximum Gasteiger partial charge on any atom is 0.335 e. The minimum absolute atomic E-state index is 0.182. The first kappa shape index (κ1) is 17.0. The second-order valence-electron chi connectivity index (χ2n) is 6.74. The van der Waals surface area contributed by atoms with Gasteiger partial charge in [-0.1, -0.05) is 18.9 Å². The molecule has 1 fully saturated rings. The van der Waals surface area contributed by atoms with E-state index in [0.29, 0.717) is 25.8 Å². The molecular weight excluding hydrogens is 330 g/mol. The Hall–Kier alpha value is -1.89. The molecule has 1 heterocycles. The summed E-state index contributed by atoms with van der Waals surface area (Å²) in [6.07, 6.45) is 4.00. The van der Waals surface area contributed by atoms with Crippen LogP contribution in [0.1, 0.15) is 47.2 Å². The van der Waals surface area contributed by atoms with E-state index in [1.165, 1.54) is 0 Å². The molecule has 130 valence electrons. The number of benzene rings is 1. The molecule has 7 heteroatoms. The predicted octanol–water partition coefficient (Wildman–Crippen LogP) is 1.63. The second-order valence-corrected chi connectivity index (χ2v) is 9.06. The maximum absolute atomic E-state index is 13.0. The van der Waals surface area contributed by atoms with Crippen molar-refractivity contribution in [2.45, 2.75) is 43.4 Å². The topological polar surface area (TPSA) is 91.8 Å². The molecule has 6 nitrogen and oxygen atoms in total. The summed E-state index contributed by atoms with van der Waals surface area (Å²) in [4.78, 5) is 25.7. The summed E-state index contributed by atoms with van der Waals surface area (Å²) in [5.74, 6) is -1.33. The lowest BCUT2D eigenvalue weighted by Crippen LogP contribution is -2.53. The molecule has 1 saturated carbocycles. The highest BCUT2D eigenvalue weighted by Crippen LogP contribution is 2.39. The van der Waals surface area contributed by atoms with Crippen molar-refractivity contribution in [2.24, 2.45) is 0 Å². The molecule has 1 amide bonds. The standard InChI is InChI=1S/C17H21NO5S/c1-24(22,23)17(7-2-3-8-17)16(21)18-9-6-12-4-5-13(15(19)20)10-14(12)11-18/h4-5,10H,2-3,6-9,11H2,1H3,(H,19,20). The molecular formula is C17H21NO5S. The fraction of sp³-hybridized carbons (Fsp3) is 0.529. The van der Waals surface area contributed by atoms with Gasteiger partial charge in [0.25, 0.3) is 0 Å². The molecule has 0 spiro atoms. The molecule has 3 rings (SSSR count). The lowest BCUT2D eigenvalue weighted by atomic mass is 9.95. The summed E-state index contributed by atoms with van der Waals surface area (Å²) in [6.45, 7) is 0.738. The number of aromatic carboxylic acids is 1. The van der Waals surface area contributed by atoms with Crippen LogP contribution in [0.4, 0.5) is 0 Å². The Morgan fingerprint density at radius 2 is 1.83 bits per heavy atom. The summed E-state index contributed by atoms with van der Waals surface area (Å²) < 4.78 is 23.3. The highest BCUT2D eigenvalue weighted by Gasteiger charge is 2.51. The second kappa shape index (κ2) is 5.88. The third-order valence-electron chi connectivity index (χ3n) is 5.26. The first-order valence-corrected chi connectivity index (χ1v) is 9.98. The highest BCUT2D eigenvalue weighted by atomic mass is 32.2. The molecule has 1 aliphatic carbocycles. The molecule has 0 radical (unpaired) electrons. The van der Waals surface area contributed by atoms with Crippen molar-refractivity contribution < 1.29 is 23.1 Å². The summed E-state index contributed by atoms with van der Waals surface area (Å²) in [6, 6.07) is 4.93. The van der Waals surface area contributed by atoms with Gasteiger partial charge in [0.2, 0.25) is 5.91 Å². The number of rotatable bonds is 3. The average Bonchev–Trinajstić information content (AvgIpc) is 3.03. The molecule has 1 N–H and O–H groups in total. The molecule has 24 heavy (non-hydrogen) atoms. The van der Waals surface area contributed by atoms with E-state index >= 15 is 0 Å². The van der Waals surface area contributed by atoms with E-state index in [-0.39, 0.29) is 18.0 Å². The molecule has 0 unspecified atom stereocenters. The predicted molar refractivity (Wildman–Crippen MR) is 88.6 cm³/mol. The summed E-state index contributed by atoms with van der Waals surface area (Å²) >= 11 is 0. The van der Waals surface area contributed by atoms with Gasteiger partial charge in [0.15, 0.2) is 14.6 Å². The van der Waals surface area contributed by atoms with Gasteiger partial charge >= 0.3 is 5.97 Å². The lowest BCUT2D eigenvalue weighted by Gasteiger charge is -2.36. The normalized spacial score (nSPS) is 19.8. The number of carboxylic acid groups (broad SMARTS) is 1. The first-order valence-electron chi connectivity index (χ1n) is 8.09. The van der Waals surface area contributed by atoms with Crippen LogP contribution in [0.2, 0.25) is 0 Å². The third-order valence-corrected chi connectivity index (χ3v) is 7.27. The Bertz CT molecular complexity index is 793. The largest absolute Gasteiger partial charge is 0.478 e. The van der Waals surface area contributed by atoms with Gasteiger partial charge in [-0.15, -0.1) is 0 Å². The number of carbonyl (C=O) groups is 2. The summed E-state index contributed by atoms with van der Waals surface area (Å²) in [5.41, 5.74) is 1.99. The van der Waals surface area contributed by atoms with Crippen molar-refractivity contribution in [3.8, 4) is 0 Å². The average molecular weight is 351 g/mol. The van der Waals surface area contributed by atoms with Gasteiger partial charge in [-0.2, -0.15) is 0 Å². The third kappa shape index (κ3) is 2.70. The van der Waals surface area contributed by atoms with Crippen molar-refractivity contribution in [2.75, 3.05) is 12.8 Å². The Labute approximate surface area is 141 Å². The number of hydrogen-bond donors (Lipinski definition) is 1. The van der Waals surface area contributed by atoms with E-state index in [9.17, 15) is 18.0 Å². The number of fused-ring (bicyclic) bond motifs is 1. The van der Waals surface area contributed by atoms with Crippen molar-refractivity contribution in [1.29, 1.82) is 0 Å². The minimum Gasteiger partial charge on any atom is -0.478 e. The SMILES string of the molecule is CS(=O)(=O)C1(C(=O)N2CCc3ccc(C(=O)O)cc3C2)CCCC1. The van der Waals surface area contributed by atoms with Gasteiger partial charge in [0.1, 0.15) is 0 Å². The zero-order valence-corrected chi connectivity index (χ0v) is 14.4. The Kier molecular flexibility index (Phi) is 4.15. The monoisotopic (exact) mass is 351 g/mol. The van der Waals surface area contributed by atoms with Gasteiger partial charge in [-0.05, 0) is 42.5 Å². The molecule has 1 aliphatic heterocycles. The van der Waals surface area contributed by atoms with E-state index in [1.54, 1.807) is 23.1 Å². The molecule has 2 aliphatic rings.